The summed E-state index contributed by atoms with van der Waals surface area (Å²) in [6, 6.07) is 22.5. The lowest BCUT2D eigenvalue weighted by molar-refractivity contribution is -0.129. The normalized spacial score (nSPS) is 15.8. The Kier molecular flexibility index (Phi) is 6.30. The molecular weight excluding hydrogens is 432 g/mol. The van der Waals surface area contributed by atoms with Crippen LogP contribution in [0.3, 0.4) is 0 Å². The molecule has 0 saturated carbocycles. The van der Waals surface area contributed by atoms with Crippen molar-refractivity contribution in [2.45, 2.75) is 37.5 Å². The highest BCUT2D eigenvalue weighted by molar-refractivity contribution is 7.99. The lowest BCUT2D eigenvalue weighted by atomic mass is 10.0. The zero-order valence-corrected chi connectivity index (χ0v) is 19.4. The summed E-state index contributed by atoms with van der Waals surface area (Å²) in [5.74, 6) is 1.79. The van der Waals surface area contributed by atoms with Gasteiger partial charge in [0.2, 0.25) is 11.7 Å². The van der Waals surface area contributed by atoms with Crippen molar-refractivity contribution in [2.24, 2.45) is 0 Å². The van der Waals surface area contributed by atoms with E-state index >= 15 is 0 Å². The van der Waals surface area contributed by atoms with Gasteiger partial charge in [-0.3, -0.25) is 9.36 Å². The molecule has 1 aliphatic heterocycles. The largest absolute Gasteiger partial charge is 0.461 e. The van der Waals surface area contributed by atoms with E-state index in [2.05, 4.69) is 53.5 Å². The van der Waals surface area contributed by atoms with E-state index in [1.165, 1.54) is 22.9 Å². The third-order valence-electron chi connectivity index (χ3n) is 5.97. The van der Waals surface area contributed by atoms with Crippen LogP contribution in [0.4, 0.5) is 0 Å². The van der Waals surface area contributed by atoms with Gasteiger partial charge in [0.15, 0.2) is 10.9 Å². The quantitative estimate of drug-likeness (QED) is 0.349. The molecule has 0 radical (unpaired) electrons. The van der Waals surface area contributed by atoms with E-state index < -0.39 is 0 Å². The van der Waals surface area contributed by atoms with Crippen molar-refractivity contribution in [3.05, 3.63) is 89.7 Å². The fraction of sp³-hybridized carbons (Fsp3) is 0.269. The number of benzene rings is 2. The van der Waals surface area contributed by atoms with Crippen LogP contribution in [-0.2, 0) is 11.3 Å². The molecule has 1 unspecified atom stereocenters. The third-order valence-corrected chi connectivity index (χ3v) is 6.92. The summed E-state index contributed by atoms with van der Waals surface area (Å²) in [5, 5.41) is 9.49. The van der Waals surface area contributed by atoms with Crippen molar-refractivity contribution in [1.29, 1.82) is 0 Å². The molecule has 4 aromatic rings. The van der Waals surface area contributed by atoms with Crippen LogP contribution in [-0.4, -0.2) is 37.9 Å². The second kappa shape index (κ2) is 9.67. The average Bonchev–Trinajstić information content (AvgIpc) is 3.59. The van der Waals surface area contributed by atoms with Crippen molar-refractivity contribution >= 4 is 17.7 Å². The van der Waals surface area contributed by atoms with Crippen LogP contribution in [0.5, 0.6) is 0 Å². The van der Waals surface area contributed by atoms with E-state index in [-0.39, 0.29) is 11.9 Å². The van der Waals surface area contributed by atoms with Crippen molar-refractivity contribution in [3.63, 3.8) is 0 Å². The molecule has 1 saturated heterocycles. The van der Waals surface area contributed by atoms with Gasteiger partial charge in [-0.15, -0.1) is 10.2 Å². The molecule has 6 nitrogen and oxygen atoms in total. The molecule has 1 fully saturated rings. The number of hydrogen-bond donors (Lipinski definition) is 0. The summed E-state index contributed by atoms with van der Waals surface area (Å²) in [6.45, 7) is 3.50. The Morgan fingerprint density at radius 1 is 1.09 bits per heavy atom. The first-order chi connectivity index (χ1) is 16.2. The van der Waals surface area contributed by atoms with Gasteiger partial charge < -0.3 is 9.32 Å². The van der Waals surface area contributed by atoms with Crippen LogP contribution in [0, 0.1) is 6.92 Å². The first-order valence-corrected chi connectivity index (χ1v) is 12.2. The highest BCUT2D eigenvalue weighted by atomic mass is 32.2. The van der Waals surface area contributed by atoms with E-state index in [1.807, 2.05) is 39.8 Å². The SMILES string of the molecule is Cc1cccc(C2CCCN2C(=O)CSc2nnc(-c3ccco3)n2Cc2ccccc2)c1. The number of hydrogen-bond acceptors (Lipinski definition) is 5. The fourth-order valence-corrected chi connectivity index (χ4v) is 5.21. The minimum atomic E-state index is 0.137. The minimum absolute atomic E-state index is 0.137. The Morgan fingerprint density at radius 2 is 1.97 bits per heavy atom. The summed E-state index contributed by atoms with van der Waals surface area (Å²) < 4.78 is 7.61. The minimum Gasteiger partial charge on any atom is -0.461 e. The highest BCUT2D eigenvalue weighted by Crippen LogP contribution is 2.33. The van der Waals surface area contributed by atoms with Crippen molar-refractivity contribution in [2.75, 3.05) is 12.3 Å². The summed E-state index contributed by atoms with van der Waals surface area (Å²) in [4.78, 5) is 15.2. The zero-order valence-electron chi connectivity index (χ0n) is 18.6. The summed E-state index contributed by atoms with van der Waals surface area (Å²) in [5.41, 5.74) is 3.58. The van der Waals surface area contributed by atoms with E-state index in [9.17, 15) is 4.79 Å². The third kappa shape index (κ3) is 4.73. The number of nitrogens with zero attached hydrogens (tertiary/aromatic N) is 4. The Morgan fingerprint density at radius 3 is 2.76 bits per heavy atom. The average molecular weight is 459 g/mol. The van der Waals surface area contributed by atoms with Crippen molar-refractivity contribution < 1.29 is 9.21 Å². The number of amides is 1. The summed E-state index contributed by atoms with van der Waals surface area (Å²) >= 11 is 1.44. The van der Waals surface area contributed by atoms with E-state index in [0.29, 0.717) is 29.0 Å². The zero-order chi connectivity index (χ0) is 22.6. The first kappa shape index (κ1) is 21.5. The molecule has 1 amide bonds. The number of aryl methyl sites for hydroxylation is 1. The molecule has 1 aliphatic rings. The summed E-state index contributed by atoms with van der Waals surface area (Å²) in [7, 11) is 0. The molecule has 0 bridgehead atoms. The van der Waals surface area contributed by atoms with Crippen LogP contribution >= 0.6 is 11.8 Å². The Balaban J connectivity index is 1.34. The molecule has 0 N–H and O–H groups in total. The second-order valence-electron chi connectivity index (χ2n) is 8.30. The second-order valence-corrected chi connectivity index (χ2v) is 9.25. The van der Waals surface area contributed by atoms with Gasteiger partial charge in [0.05, 0.1) is 24.6 Å². The Hall–Kier alpha value is -3.32. The van der Waals surface area contributed by atoms with Crippen molar-refractivity contribution in [3.8, 4) is 11.6 Å². The number of aromatic nitrogens is 3. The predicted octanol–water partition coefficient (Wildman–Crippen LogP) is 5.35. The van der Waals surface area contributed by atoms with Crippen molar-refractivity contribution in [1.82, 2.24) is 19.7 Å². The summed E-state index contributed by atoms with van der Waals surface area (Å²) in [6.07, 6.45) is 3.67. The molecule has 0 aliphatic carbocycles. The number of rotatable bonds is 7. The predicted molar refractivity (Wildman–Crippen MR) is 129 cm³/mol. The van der Waals surface area contributed by atoms with Crippen LogP contribution in [0.15, 0.2) is 82.6 Å². The maximum Gasteiger partial charge on any atom is 0.233 e. The van der Waals surface area contributed by atoms with Gasteiger partial charge in [-0.05, 0) is 43.0 Å². The molecular formula is C26H26N4O2S. The van der Waals surface area contributed by atoms with E-state index in [1.54, 1.807) is 6.26 Å². The standard InChI is InChI=1S/C26H26N4O2S/c1-19-8-5-11-21(16-19)22-12-6-14-29(22)24(31)18-33-26-28-27-25(23-13-7-15-32-23)30(26)17-20-9-3-2-4-10-20/h2-5,7-11,13,15-16,22H,6,12,14,17-18H2,1H3. The van der Waals surface area contributed by atoms with Gasteiger partial charge in [-0.1, -0.05) is 71.9 Å². The van der Waals surface area contributed by atoms with Gasteiger partial charge in [0, 0.05) is 6.54 Å². The van der Waals surface area contributed by atoms with Crippen LogP contribution < -0.4 is 0 Å². The highest BCUT2D eigenvalue weighted by Gasteiger charge is 2.30. The van der Waals surface area contributed by atoms with Gasteiger partial charge in [-0.25, -0.2) is 0 Å². The fourth-order valence-electron chi connectivity index (χ4n) is 4.39. The molecule has 2 aromatic heterocycles. The monoisotopic (exact) mass is 458 g/mol. The smallest absolute Gasteiger partial charge is 0.233 e. The number of thioether (sulfide) groups is 1. The van der Waals surface area contributed by atoms with E-state index in [4.69, 9.17) is 4.42 Å². The number of furan rings is 1. The van der Waals surface area contributed by atoms with Gasteiger partial charge in [0.1, 0.15) is 0 Å². The maximum atomic E-state index is 13.2. The van der Waals surface area contributed by atoms with Gasteiger partial charge in [-0.2, -0.15) is 0 Å². The molecule has 5 rings (SSSR count). The Labute approximate surface area is 197 Å². The molecule has 33 heavy (non-hydrogen) atoms. The molecule has 7 heteroatoms. The lowest BCUT2D eigenvalue weighted by Crippen LogP contribution is -2.32. The van der Waals surface area contributed by atoms with Crippen LogP contribution in [0.2, 0.25) is 0 Å². The first-order valence-electron chi connectivity index (χ1n) is 11.2. The topological polar surface area (TPSA) is 64.2 Å². The molecule has 3 heterocycles. The van der Waals surface area contributed by atoms with Gasteiger partial charge in [0.25, 0.3) is 0 Å². The number of carbonyl (C=O) groups is 1. The van der Waals surface area contributed by atoms with Crippen LogP contribution in [0.25, 0.3) is 11.6 Å². The molecule has 2 aromatic carbocycles. The lowest BCUT2D eigenvalue weighted by Gasteiger charge is -2.25. The number of carbonyl (C=O) groups excluding carboxylic acids is 1. The van der Waals surface area contributed by atoms with E-state index in [0.717, 1.165) is 24.9 Å². The molecule has 168 valence electrons. The maximum absolute atomic E-state index is 13.2. The number of likely N-dealkylation sites (tertiary alicyclic amines) is 1. The van der Waals surface area contributed by atoms with Crippen LogP contribution in [0.1, 0.15) is 35.6 Å². The molecule has 0 spiro atoms. The Bertz CT molecular complexity index is 1220. The van der Waals surface area contributed by atoms with Gasteiger partial charge >= 0.3 is 0 Å². The molecule has 1 atom stereocenters.